The van der Waals surface area contributed by atoms with Crippen molar-refractivity contribution in [3.63, 3.8) is 0 Å². The van der Waals surface area contributed by atoms with Crippen LogP contribution in [-0.4, -0.2) is 29.3 Å². The van der Waals surface area contributed by atoms with Crippen LogP contribution in [0, 0.1) is 0 Å². The van der Waals surface area contributed by atoms with Crippen molar-refractivity contribution < 1.29 is 14.4 Å². The van der Waals surface area contributed by atoms with Gasteiger partial charge in [0.05, 0.1) is 5.69 Å². The maximum atomic E-state index is 13.3. The molecule has 1 atom stereocenters. The Morgan fingerprint density at radius 1 is 1.03 bits per heavy atom. The van der Waals surface area contributed by atoms with Crippen molar-refractivity contribution in [1.29, 1.82) is 0 Å². The highest BCUT2D eigenvalue weighted by Crippen LogP contribution is 2.41. The predicted molar refractivity (Wildman–Crippen MR) is 127 cm³/mol. The number of anilines is 1. The first kappa shape index (κ1) is 21.6. The van der Waals surface area contributed by atoms with E-state index in [1.165, 1.54) is 11.8 Å². The lowest BCUT2D eigenvalue weighted by Gasteiger charge is -2.22. The van der Waals surface area contributed by atoms with Crippen LogP contribution in [0.15, 0.2) is 82.6 Å². The number of fused-ring (bicyclic) bond motifs is 2. The number of urea groups is 1. The molecule has 1 aliphatic carbocycles. The van der Waals surface area contributed by atoms with Crippen LogP contribution in [0.5, 0.6) is 0 Å². The molecule has 1 aliphatic heterocycles. The molecule has 1 spiro atoms. The van der Waals surface area contributed by atoms with E-state index in [1.807, 2.05) is 54.6 Å². The average molecular weight is 478 g/mol. The number of carbonyl (C=O) groups is 3. The first-order chi connectivity index (χ1) is 16.0. The van der Waals surface area contributed by atoms with Crippen molar-refractivity contribution in [2.24, 2.45) is 0 Å². The van der Waals surface area contributed by atoms with Gasteiger partial charge in [-0.3, -0.25) is 14.5 Å². The highest BCUT2D eigenvalue weighted by atomic mass is 35.5. The molecule has 2 N–H and O–H groups in total. The SMILES string of the molecule is O=C(CN1C(=O)NC2(CCc3ccccc32)C1=O)Nc1ccccc1Sc1ccc(Cl)cc1. The van der Waals surface area contributed by atoms with Gasteiger partial charge in [0.15, 0.2) is 0 Å². The Morgan fingerprint density at radius 2 is 1.76 bits per heavy atom. The van der Waals surface area contributed by atoms with Crippen molar-refractivity contribution in [2.45, 2.75) is 28.2 Å². The monoisotopic (exact) mass is 477 g/mol. The minimum atomic E-state index is -1.07. The summed E-state index contributed by atoms with van der Waals surface area (Å²) in [6, 6.07) is 21.9. The standard InChI is InChI=1S/C25H20ClN3O3S/c26-17-9-11-18(12-10-17)33-21-8-4-3-7-20(21)27-22(30)15-29-23(31)25(28-24(29)32)14-13-16-5-1-2-6-19(16)25/h1-12H,13-15H2,(H,27,30)(H,28,32). The van der Waals surface area contributed by atoms with E-state index in [2.05, 4.69) is 10.6 Å². The Balaban J connectivity index is 1.31. The second kappa shape index (κ2) is 8.57. The lowest BCUT2D eigenvalue weighted by atomic mass is 9.92. The molecule has 0 aromatic heterocycles. The van der Waals surface area contributed by atoms with Crippen LogP contribution in [0.25, 0.3) is 0 Å². The van der Waals surface area contributed by atoms with E-state index < -0.39 is 17.5 Å². The van der Waals surface area contributed by atoms with Crippen molar-refractivity contribution in [3.05, 3.63) is 88.9 Å². The molecule has 2 aliphatic rings. The van der Waals surface area contributed by atoms with Crippen LogP contribution in [-0.2, 0) is 21.5 Å². The van der Waals surface area contributed by atoms with Crippen LogP contribution in [0.1, 0.15) is 17.5 Å². The van der Waals surface area contributed by atoms with Gasteiger partial charge in [0.25, 0.3) is 5.91 Å². The van der Waals surface area contributed by atoms with E-state index in [-0.39, 0.29) is 12.5 Å². The zero-order valence-electron chi connectivity index (χ0n) is 17.5. The van der Waals surface area contributed by atoms with Gasteiger partial charge in [0, 0.05) is 14.8 Å². The number of hydrogen-bond donors (Lipinski definition) is 2. The second-order valence-corrected chi connectivity index (χ2v) is 9.54. The number of nitrogens with zero attached hydrogens (tertiary/aromatic N) is 1. The third kappa shape index (κ3) is 3.98. The van der Waals surface area contributed by atoms with Gasteiger partial charge >= 0.3 is 6.03 Å². The Hall–Kier alpha value is -3.29. The molecule has 3 aromatic carbocycles. The molecule has 6 nitrogen and oxygen atoms in total. The molecule has 166 valence electrons. The molecular formula is C25H20ClN3O3S. The summed E-state index contributed by atoms with van der Waals surface area (Å²) >= 11 is 7.44. The number of carbonyl (C=O) groups excluding carboxylic acids is 3. The summed E-state index contributed by atoms with van der Waals surface area (Å²) in [6.45, 7) is -0.353. The smallest absolute Gasteiger partial charge is 0.323 e. The number of imide groups is 1. The molecule has 1 fully saturated rings. The van der Waals surface area contributed by atoms with E-state index in [4.69, 9.17) is 11.6 Å². The Morgan fingerprint density at radius 3 is 2.58 bits per heavy atom. The summed E-state index contributed by atoms with van der Waals surface area (Å²) in [4.78, 5) is 41.6. The summed E-state index contributed by atoms with van der Waals surface area (Å²) in [6.07, 6.45) is 1.20. The Labute approximate surface area is 200 Å². The average Bonchev–Trinajstić information content (AvgIpc) is 3.30. The normalized spacial score (nSPS) is 19.0. The van der Waals surface area contributed by atoms with Gasteiger partial charge in [-0.25, -0.2) is 4.79 Å². The fourth-order valence-corrected chi connectivity index (χ4v) is 5.38. The highest BCUT2D eigenvalue weighted by Gasteiger charge is 2.55. The van der Waals surface area contributed by atoms with Crippen LogP contribution in [0.4, 0.5) is 10.5 Å². The van der Waals surface area contributed by atoms with Gasteiger partial charge in [-0.2, -0.15) is 0 Å². The van der Waals surface area contributed by atoms with E-state index in [0.29, 0.717) is 23.6 Å². The number of benzene rings is 3. The number of halogens is 1. The van der Waals surface area contributed by atoms with Crippen LogP contribution < -0.4 is 10.6 Å². The zero-order chi connectivity index (χ0) is 23.0. The van der Waals surface area contributed by atoms with Crippen molar-refractivity contribution in [1.82, 2.24) is 10.2 Å². The molecule has 3 aromatic rings. The molecule has 1 saturated heterocycles. The third-order valence-corrected chi connectivity index (χ3v) is 7.26. The van der Waals surface area contributed by atoms with E-state index in [9.17, 15) is 14.4 Å². The van der Waals surface area contributed by atoms with Crippen LogP contribution in [0.2, 0.25) is 5.02 Å². The molecule has 1 heterocycles. The summed E-state index contributed by atoms with van der Waals surface area (Å²) in [5.74, 6) is -0.817. The predicted octanol–water partition coefficient (Wildman–Crippen LogP) is 4.82. The number of amides is 4. The lowest BCUT2D eigenvalue weighted by Crippen LogP contribution is -2.43. The summed E-state index contributed by atoms with van der Waals surface area (Å²) in [7, 11) is 0. The maximum absolute atomic E-state index is 13.3. The summed E-state index contributed by atoms with van der Waals surface area (Å²) in [5.41, 5.74) is 1.40. The van der Waals surface area contributed by atoms with Gasteiger partial charge < -0.3 is 10.6 Å². The number of hydrogen-bond acceptors (Lipinski definition) is 4. The van der Waals surface area contributed by atoms with Gasteiger partial charge in [-0.15, -0.1) is 0 Å². The van der Waals surface area contributed by atoms with E-state index in [0.717, 1.165) is 25.8 Å². The molecule has 0 bridgehead atoms. The van der Waals surface area contributed by atoms with Gasteiger partial charge in [-0.1, -0.05) is 59.8 Å². The van der Waals surface area contributed by atoms with Crippen molar-refractivity contribution >= 4 is 46.9 Å². The van der Waals surface area contributed by atoms with E-state index >= 15 is 0 Å². The number of rotatable bonds is 5. The Bertz CT molecular complexity index is 1260. The lowest BCUT2D eigenvalue weighted by molar-refractivity contribution is -0.134. The fourth-order valence-electron chi connectivity index (χ4n) is 4.36. The second-order valence-electron chi connectivity index (χ2n) is 7.98. The molecule has 5 rings (SSSR count). The molecule has 0 saturated carbocycles. The number of para-hydroxylation sites is 1. The van der Waals surface area contributed by atoms with Gasteiger partial charge in [0.1, 0.15) is 12.1 Å². The van der Waals surface area contributed by atoms with Gasteiger partial charge in [0.2, 0.25) is 5.91 Å². The fraction of sp³-hybridized carbons (Fsp3) is 0.160. The molecule has 33 heavy (non-hydrogen) atoms. The van der Waals surface area contributed by atoms with Crippen LogP contribution in [0.3, 0.4) is 0 Å². The molecule has 1 unspecified atom stereocenters. The Kier molecular flexibility index (Phi) is 5.60. The third-order valence-electron chi connectivity index (χ3n) is 5.93. The number of nitrogens with one attached hydrogen (secondary N) is 2. The first-order valence-corrected chi connectivity index (χ1v) is 11.7. The first-order valence-electron chi connectivity index (χ1n) is 10.5. The topological polar surface area (TPSA) is 78.5 Å². The molecule has 8 heteroatoms. The van der Waals surface area contributed by atoms with Crippen molar-refractivity contribution in [2.75, 3.05) is 11.9 Å². The quantitative estimate of drug-likeness (QED) is 0.516. The minimum absolute atomic E-state index is 0.353. The molecule has 4 amide bonds. The minimum Gasteiger partial charge on any atom is -0.323 e. The van der Waals surface area contributed by atoms with Crippen molar-refractivity contribution in [3.8, 4) is 0 Å². The van der Waals surface area contributed by atoms with Crippen LogP contribution >= 0.6 is 23.4 Å². The largest absolute Gasteiger partial charge is 0.325 e. The maximum Gasteiger partial charge on any atom is 0.325 e. The zero-order valence-corrected chi connectivity index (χ0v) is 19.1. The summed E-state index contributed by atoms with van der Waals surface area (Å²) in [5, 5.41) is 6.34. The molecular weight excluding hydrogens is 458 g/mol. The van der Waals surface area contributed by atoms with E-state index in [1.54, 1.807) is 18.2 Å². The highest BCUT2D eigenvalue weighted by molar-refractivity contribution is 7.99. The number of aryl methyl sites for hydroxylation is 1. The van der Waals surface area contributed by atoms with Gasteiger partial charge in [-0.05, 0) is 60.4 Å². The summed E-state index contributed by atoms with van der Waals surface area (Å²) < 4.78 is 0. The molecule has 0 radical (unpaired) electrons.